The lowest BCUT2D eigenvalue weighted by molar-refractivity contribution is -0.130. The molecule has 4 rings (SSSR count). The van der Waals surface area contributed by atoms with Crippen LogP contribution in [0.3, 0.4) is 0 Å². The summed E-state index contributed by atoms with van der Waals surface area (Å²) in [7, 11) is 0. The highest BCUT2D eigenvalue weighted by molar-refractivity contribution is 5.99. The number of fused-ring (bicyclic) bond motifs is 1. The van der Waals surface area contributed by atoms with Gasteiger partial charge in [0.1, 0.15) is 17.2 Å². The minimum atomic E-state index is -0.490. The molecular weight excluding hydrogens is 387 g/mol. The molecule has 1 aliphatic carbocycles. The van der Waals surface area contributed by atoms with E-state index in [0.29, 0.717) is 37.1 Å². The second-order valence-corrected chi connectivity index (χ2v) is 9.88. The highest BCUT2D eigenvalue weighted by atomic mass is 19.1. The van der Waals surface area contributed by atoms with Crippen LogP contribution >= 0.6 is 0 Å². The summed E-state index contributed by atoms with van der Waals surface area (Å²) < 4.78 is 19.7. The van der Waals surface area contributed by atoms with Gasteiger partial charge in [-0.15, -0.1) is 0 Å². The summed E-state index contributed by atoms with van der Waals surface area (Å²) >= 11 is 0. The molecule has 0 spiro atoms. The first-order valence-corrected chi connectivity index (χ1v) is 10.4. The molecule has 1 saturated carbocycles. The zero-order valence-electron chi connectivity index (χ0n) is 17.9. The topological polar surface area (TPSA) is 97.0 Å². The Bertz CT molecular complexity index is 927. The number of carbonyl (C=O) groups excluding carboxylic acids is 2. The summed E-state index contributed by atoms with van der Waals surface area (Å²) in [6, 6.07) is 4.07. The average molecular weight is 416 g/mol. The van der Waals surface area contributed by atoms with Crippen LogP contribution in [0.2, 0.25) is 0 Å². The monoisotopic (exact) mass is 416 g/mol. The van der Waals surface area contributed by atoms with E-state index in [2.05, 4.69) is 10.3 Å². The van der Waals surface area contributed by atoms with Crippen LogP contribution in [0.5, 0.6) is 5.75 Å². The Hall–Kier alpha value is -2.64. The number of hydrogen-bond donors (Lipinski definition) is 2. The van der Waals surface area contributed by atoms with Gasteiger partial charge in [-0.1, -0.05) is 0 Å². The van der Waals surface area contributed by atoms with Gasteiger partial charge in [0.15, 0.2) is 5.96 Å². The van der Waals surface area contributed by atoms with E-state index in [4.69, 9.17) is 10.5 Å². The minimum Gasteiger partial charge on any atom is -0.487 e. The van der Waals surface area contributed by atoms with Crippen molar-refractivity contribution in [2.45, 2.75) is 64.1 Å². The number of ether oxygens (including phenoxy) is 1. The second-order valence-electron chi connectivity index (χ2n) is 9.88. The largest absolute Gasteiger partial charge is 0.487 e. The predicted molar refractivity (Wildman–Crippen MR) is 110 cm³/mol. The van der Waals surface area contributed by atoms with Crippen molar-refractivity contribution in [3.63, 3.8) is 0 Å². The van der Waals surface area contributed by atoms with Crippen molar-refractivity contribution in [2.24, 2.45) is 22.6 Å². The lowest BCUT2D eigenvalue weighted by Gasteiger charge is -2.38. The maximum atomic E-state index is 13.8. The van der Waals surface area contributed by atoms with Gasteiger partial charge in [-0.25, -0.2) is 9.38 Å². The van der Waals surface area contributed by atoms with Gasteiger partial charge < -0.3 is 15.8 Å². The third-order valence-electron chi connectivity index (χ3n) is 6.00. The first-order chi connectivity index (χ1) is 13.9. The van der Waals surface area contributed by atoms with E-state index >= 15 is 0 Å². The number of benzene rings is 1. The molecular formula is C22H29FN4O3. The molecule has 3 aliphatic rings. The van der Waals surface area contributed by atoms with Gasteiger partial charge in [0.25, 0.3) is 0 Å². The fourth-order valence-electron chi connectivity index (χ4n) is 4.44. The fraction of sp³-hybridized carbons (Fsp3) is 0.591. The molecule has 1 aromatic carbocycles. The molecule has 162 valence electrons. The van der Waals surface area contributed by atoms with E-state index in [9.17, 15) is 14.0 Å². The van der Waals surface area contributed by atoms with Gasteiger partial charge in [0.05, 0.1) is 18.0 Å². The van der Waals surface area contributed by atoms with Gasteiger partial charge in [0, 0.05) is 24.4 Å². The Morgan fingerprint density at radius 3 is 2.80 bits per heavy atom. The summed E-state index contributed by atoms with van der Waals surface area (Å²) in [6.07, 6.45) is 1.54. The number of nitrogens with zero attached hydrogens (tertiary/aromatic N) is 2. The van der Waals surface area contributed by atoms with Crippen LogP contribution < -0.4 is 15.8 Å². The lowest BCUT2D eigenvalue weighted by atomic mass is 9.89. The summed E-state index contributed by atoms with van der Waals surface area (Å²) in [5, 5.41) is 3.07. The van der Waals surface area contributed by atoms with Gasteiger partial charge in [-0.3, -0.25) is 14.5 Å². The molecule has 2 aliphatic heterocycles. The maximum Gasteiger partial charge on any atom is 0.231 e. The Kier molecular flexibility index (Phi) is 4.78. The predicted octanol–water partition coefficient (Wildman–Crippen LogP) is 2.51. The molecule has 0 radical (unpaired) electrons. The van der Waals surface area contributed by atoms with Crippen LogP contribution in [0.1, 0.15) is 58.6 Å². The van der Waals surface area contributed by atoms with E-state index in [0.717, 1.165) is 0 Å². The summed E-state index contributed by atoms with van der Waals surface area (Å²) in [5.41, 5.74) is 5.69. The van der Waals surface area contributed by atoms with Crippen molar-refractivity contribution in [3.05, 3.63) is 29.6 Å². The number of nitrogens with two attached hydrogens (primary N) is 1. The molecule has 8 heteroatoms. The Labute approximate surface area is 175 Å². The van der Waals surface area contributed by atoms with E-state index < -0.39 is 11.1 Å². The standard InChI is InChI=1S/C22H29FN4O3/c1-21(2)10-18(28)27(20(24)26-21)11-12-7-14(12)19(29)25-16-9-22(3,4)30-17-6-5-13(23)8-15(16)17/h5-6,8,12,14,16H,7,9-11H2,1-4H3,(H2,24,26)(H,25,29)/t12-,14+,16+/m1/s1. The summed E-state index contributed by atoms with van der Waals surface area (Å²) in [4.78, 5) is 31.2. The number of carbonyl (C=O) groups is 2. The first-order valence-electron chi connectivity index (χ1n) is 10.4. The number of nitrogens with one attached hydrogen (secondary N) is 1. The summed E-state index contributed by atoms with van der Waals surface area (Å²) in [6.45, 7) is 8.04. The van der Waals surface area contributed by atoms with Crippen LogP contribution in [0.4, 0.5) is 4.39 Å². The molecule has 3 atom stereocenters. The molecule has 30 heavy (non-hydrogen) atoms. The normalized spacial score (nSPS) is 28.8. The zero-order valence-corrected chi connectivity index (χ0v) is 17.9. The van der Waals surface area contributed by atoms with E-state index in [-0.39, 0.29) is 41.5 Å². The van der Waals surface area contributed by atoms with E-state index in [1.165, 1.54) is 17.0 Å². The SMILES string of the molecule is CC1(C)CC(=O)N(C[C@H]2C[C@@H]2C(=O)N[C@H]2CC(C)(C)Oc3ccc(F)cc32)C(N)=N1. The zero-order chi connectivity index (χ0) is 21.8. The van der Waals surface area contributed by atoms with Crippen molar-refractivity contribution in [1.29, 1.82) is 0 Å². The molecule has 0 unspecified atom stereocenters. The molecule has 2 amide bonds. The lowest BCUT2D eigenvalue weighted by Crippen LogP contribution is -2.50. The third-order valence-corrected chi connectivity index (χ3v) is 6.00. The Morgan fingerprint density at radius 1 is 1.37 bits per heavy atom. The molecule has 1 aromatic rings. The van der Waals surface area contributed by atoms with Gasteiger partial charge in [0.2, 0.25) is 11.8 Å². The third kappa shape index (κ3) is 4.13. The van der Waals surface area contributed by atoms with Crippen LogP contribution in [-0.4, -0.2) is 40.4 Å². The van der Waals surface area contributed by atoms with Crippen LogP contribution in [0.15, 0.2) is 23.2 Å². The van der Waals surface area contributed by atoms with Crippen LogP contribution in [0.25, 0.3) is 0 Å². The van der Waals surface area contributed by atoms with Crippen molar-refractivity contribution in [3.8, 4) is 5.75 Å². The summed E-state index contributed by atoms with van der Waals surface area (Å²) in [5.74, 6) is 0.162. The molecule has 1 fully saturated rings. The van der Waals surface area contributed by atoms with Gasteiger partial charge in [-0.2, -0.15) is 0 Å². The smallest absolute Gasteiger partial charge is 0.231 e. The average Bonchev–Trinajstić information content (AvgIpc) is 3.37. The van der Waals surface area contributed by atoms with Crippen molar-refractivity contribution >= 4 is 17.8 Å². The highest BCUT2D eigenvalue weighted by Gasteiger charge is 2.47. The number of hydrogen-bond acceptors (Lipinski definition) is 5. The molecule has 0 aromatic heterocycles. The van der Waals surface area contributed by atoms with Crippen molar-refractivity contribution in [2.75, 3.05) is 6.54 Å². The van der Waals surface area contributed by atoms with Crippen molar-refractivity contribution < 1.29 is 18.7 Å². The fourth-order valence-corrected chi connectivity index (χ4v) is 4.44. The first kappa shape index (κ1) is 20.6. The number of rotatable bonds is 4. The number of amides is 2. The van der Waals surface area contributed by atoms with Gasteiger partial charge >= 0.3 is 0 Å². The number of guanidine groups is 1. The van der Waals surface area contributed by atoms with E-state index in [1.54, 1.807) is 6.07 Å². The Morgan fingerprint density at radius 2 is 2.10 bits per heavy atom. The Balaban J connectivity index is 1.42. The number of halogens is 1. The molecule has 0 saturated heterocycles. The second kappa shape index (κ2) is 6.96. The molecule has 2 heterocycles. The molecule has 0 bridgehead atoms. The maximum absolute atomic E-state index is 13.8. The highest BCUT2D eigenvalue weighted by Crippen LogP contribution is 2.43. The van der Waals surface area contributed by atoms with Crippen LogP contribution in [-0.2, 0) is 9.59 Å². The van der Waals surface area contributed by atoms with Crippen LogP contribution in [0, 0.1) is 17.7 Å². The molecule has 7 nitrogen and oxygen atoms in total. The van der Waals surface area contributed by atoms with Gasteiger partial charge in [-0.05, 0) is 58.2 Å². The minimum absolute atomic E-state index is 0.0451. The van der Waals surface area contributed by atoms with Crippen molar-refractivity contribution in [1.82, 2.24) is 10.2 Å². The van der Waals surface area contributed by atoms with E-state index in [1.807, 2.05) is 27.7 Å². The molecule has 3 N–H and O–H groups in total. The quantitative estimate of drug-likeness (QED) is 0.788. The number of aliphatic imine (C=N–C) groups is 1.